The number of amides is 2. The first kappa shape index (κ1) is 27.8. The molecule has 42 heavy (non-hydrogen) atoms. The third-order valence-electron chi connectivity index (χ3n) is 6.36. The number of aliphatic carboxylic acids is 1. The van der Waals surface area contributed by atoms with Crippen molar-refractivity contribution < 1.29 is 28.6 Å². The molecular formula is C31H27N5O6. The molecule has 11 nitrogen and oxygen atoms in total. The summed E-state index contributed by atoms with van der Waals surface area (Å²) >= 11 is 0. The van der Waals surface area contributed by atoms with Crippen molar-refractivity contribution in [3.63, 3.8) is 0 Å². The number of oxazole rings is 1. The summed E-state index contributed by atoms with van der Waals surface area (Å²) in [4.78, 5) is 45.1. The monoisotopic (exact) mass is 565 g/mol. The number of benzene rings is 3. The number of ether oxygens (including phenoxy) is 1. The van der Waals surface area contributed by atoms with Gasteiger partial charge >= 0.3 is 5.97 Å². The van der Waals surface area contributed by atoms with Crippen LogP contribution in [-0.4, -0.2) is 40.0 Å². The van der Waals surface area contributed by atoms with Gasteiger partial charge in [0.15, 0.2) is 5.58 Å². The van der Waals surface area contributed by atoms with Crippen molar-refractivity contribution in [3.8, 4) is 5.75 Å². The lowest BCUT2D eigenvalue weighted by atomic mass is 10.0. The summed E-state index contributed by atoms with van der Waals surface area (Å²) in [5.41, 5.74) is 4.17. The molecule has 0 fully saturated rings. The lowest BCUT2D eigenvalue weighted by molar-refractivity contribution is -0.137. The third kappa shape index (κ3) is 7.07. The molecule has 0 radical (unpaired) electrons. The number of rotatable bonds is 11. The molecule has 2 aromatic heterocycles. The molecule has 0 aliphatic carbocycles. The van der Waals surface area contributed by atoms with Crippen LogP contribution in [0.3, 0.4) is 0 Å². The molecule has 5 aromatic rings. The number of fused-ring (bicyclic) bond motifs is 1. The number of methoxy groups -OCH3 is 1. The van der Waals surface area contributed by atoms with Crippen molar-refractivity contribution >= 4 is 46.3 Å². The Morgan fingerprint density at radius 3 is 2.48 bits per heavy atom. The summed E-state index contributed by atoms with van der Waals surface area (Å²) in [5.74, 6) is -1.01. The van der Waals surface area contributed by atoms with Gasteiger partial charge < -0.3 is 30.2 Å². The van der Waals surface area contributed by atoms with Crippen LogP contribution in [0.4, 0.5) is 17.4 Å². The van der Waals surface area contributed by atoms with E-state index in [9.17, 15) is 19.5 Å². The maximum atomic E-state index is 12.8. The Labute approximate surface area is 240 Å². The van der Waals surface area contributed by atoms with Gasteiger partial charge in [-0.2, -0.15) is 4.98 Å². The predicted octanol–water partition coefficient (Wildman–Crippen LogP) is 5.10. The normalized spacial score (nSPS) is 11.5. The molecule has 2 amide bonds. The molecule has 11 heteroatoms. The Kier molecular flexibility index (Phi) is 8.38. The Morgan fingerprint density at radius 1 is 0.952 bits per heavy atom. The van der Waals surface area contributed by atoms with Crippen molar-refractivity contribution in [1.29, 1.82) is 0 Å². The molecule has 5 rings (SSSR count). The average Bonchev–Trinajstić information content (AvgIpc) is 3.39. The van der Waals surface area contributed by atoms with E-state index < -0.39 is 17.9 Å². The zero-order chi connectivity index (χ0) is 29.5. The Hall–Kier alpha value is -5.71. The topological polar surface area (TPSA) is 156 Å². The van der Waals surface area contributed by atoms with E-state index in [-0.39, 0.29) is 18.7 Å². The van der Waals surface area contributed by atoms with Crippen LogP contribution in [0.2, 0.25) is 0 Å². The summed E-state index contributed by atoms with van der Waals surface area (Å²) < 4.78 is 11.1. The molecule has 0 unspecified atom stereocenters. The second kappa shape index (κ2) is 12.6. The van der Waals surface area contributed by atoms with Gasteiger partial charge in [-0.1, -0.05) is 24.3 Å². The van der Waals surface area contributed by atoms with Gasteiger partial charge in [0, 0.05) is 35.4 Å². The van der Waals surface area contributed by atoms with E-state index >= 15 is 0 Å². The zero-order valence-electron chi connectivity index (χ0n) is 22.5. The van der Waals surface area contributed by atoms with Gasteiger partial charge in [-0.15, -0.1) is 0 Å². The summed E-state index contributed by atoms with van der Waals surface area (Å²) in [6.45, 7) is 0. The van der Waals surface area contributed by atoms with Crippen LogP contribution < -0.4 is 20.7 Å². The van der Waals surface area contributed by atoms with Crippen LogP contribution in [0.25, 0.3) is 11.1 Å². The fourth-order valence-corrected chi connectivity index (χ4v) is 4.32. The first-order valence-electron chi connectivity index (χ1n) is 13.0. The summed E-state index contributed by atoms with van der Waals surface area (Å²) in [6.07, 6.45) is 2.77. The first-order chi connectivity index (χ1) is 20.4. The number of carbonyl (C=O) groups excluding carboxylic acids is 2. The number of carbonyl (C=O) groups is 3. The highest BCUT2D eigenvalue weighted by Crippen LogP contribution is 2.26. The first-order valence-corrected chi connectivity index (χ1v) is 13.0. The minimum absolute atomic E-state index is 0.0979. The fourth-order valence-electron chi connectivity index (χ4n) is 4.32. The molecule has 1 atom stereocenters. The van der Waals surface area contributed by atoms with Crippen LogP contribution in [0, 0.1) is 0 Å². The number of anilines is 3. The molecule has 0 bridgehead atoms. The Bertz CT molecular complexity index is 1720. The van der Waals surface area contributed by atoms with Gasteiger partial charge in [-0.25, -0.2) is 0 Å². The highest BCUT2D eigenvalue weighted by Gasteiger charge is 2.19. The van der Waals surface area contributed by atoms with Crippen molar-refractivity contribution in [3.05, 3.63) is 108 Å². The molecule has 4 N–H and O–H groups in total. The number of carboxylic acids is 1. The molecule has 2 heterocycles. The maximum absolute atomic E-state index is 12.8. The highest BCUT2D eigenvalue weighted by molar-refractivity contribution is 5.95. The number of pyridine rings is 1. The van der Waals surface area contributed by atoms with E-state index in [4.69, 9.17) is 9.15 Å². The van der Waals surface area contributed by atoms with Crippen LogP contribution in [0.15, 0.2) is 95.7 Å². The quantitative estimate of drug-likeness (QED) is 0.171. The number of hydrogen-bond acceptors (Lipinski definition) is 8. The number of nitrogens with zero attached hydrogens (tertiary/aromatic N) is 2. The van der Waals surface area contributed by atoms with Crippen molar-refractivity contribution in [2.24, 2.45) is 0 Å². The van der Waals surface area contributed by atoms with Gasteiger partial charge in [0.2, 0.25) is 5.91 Å². The van der Waals surface area contributed by atoms with E-state index in [0.29, 0.717) is 39.7 Å². The molecule has 0 saturated carbocycles. The van der Waals surface area contributed by atoms with E-state index in [2.05, 4.69) is 25.9 Å². The van der Waals surface area contributed by atoms with Crippen molar-refractivity contribution in [2.75, 3.05) is 17.7 Å². The van der Waals surface area contributed by atoms with Gasteiger partial charge in [0.1, 0.15) is 11.3 Å². The predicted molar refractivity (Wildman–Crippen MR) is 156 cm³/mol. The molecule has 212 valence electrons. The standard InChI is InChI=1S/C31H27N5O6/c1-41-24-4-2-3-23(17-24)34-31-36-25-10-5-19(15-27(25)42-31)16-28(37)33-22-8-6-20(7-9-22)26(18-29(38)39)35-30(40)21-11-13-32-14-12-21/h2-15,17,26H,16,18H2,1H3,(H,33,37)(H,34,36)(H,35,40)(H,38,39)/t26-/m1/s1. The maximum Gasteiger partial charge on any atom is 0.305 e. The van der Waals surface area contributed by atoms with E-state index in [1.807, 2.05) is 30.3 Å². The zero-order valence-corrected chi connectivity index (χ0v) is 22.5. The smallest absolute Gasteiger partial charge is 0.305 e. The highest BCUT2D eigenvalue weighted by atomic mass is 16.5. The van der Waals surface area contributed by atoms with Crippen LogP contribution in [-0.2, 0) is 16.0 Å². The van der Waals surface area contributed by atoms with E-state index in [1.165, 1.54) is 12.4 Å². The second-order valence-corrected chi connectivity index (χ2v) is 9.38. The van der Waals surface area contributed by atoms with E-state index in [0.717, 1.165) is 11.3 Å². The SMILES string of the molecule is COc1cccc(Nc2nc3ccc(CC(=O)Nc4ccc([C@@H](CC(=O)O)NC(=O)c5ccncc5)cc4)cc3o2)c1. The fraction of sp³-hybridized carbons (Fsp3) is 0.129. The lowest BCUT2D eigenvalue weighted by Gasteiger charge is -2.18. The Balaban J connectivity index is 1.21. The molecule has 3 aromatic carbocycles. The number of hydrogen-bond donors (Lipinski definition) is 4. The van der Waals surface area contributed by atoms with Crippen LogP contribution >= 0.6 is 0 Å². The summed E-state index contributed by atoms with van der Waals surface area (Å²) in [5, 5.41) is 18.1. The van der Waals surface area contributed by atoms with Crippen molar-refractivity contribution in [2.45, 2.75) is 18.9 Å². The minimum Gasteiger partial charge on any atom is -0.497 e. The second-order valence-electron chi connectivity index (χ2n) is 9.38. The lowest BCUT2D eigenvalue weighted by Crippen LogP contribution is -2.30. The minimum atomic E-state index is -1.06. The molecule has 0 aliphatic rings. The van der Waals surface area contributed by atoms with Crippen molar-refractivity contribution in [1.82, 2.24) is 15.3 Å². The van der Waals surface area contributed by atoms with Crippen LogP contribution in [0.5, 0.6) is 5.75 Å². The molecular weight excluding hydrogens is 538 g/mol. The number of nitrogens with one attached hydrogen (secondary N) is 3. The molecule has 0 aliphatic heterocycles. The number of carboxylic acid groups (broad SMARTS) is 1. The third-order valence-corrected chi connectivity index (χ3v) is 6.36. The van der Waals surface area contributed by atoms with Gasteiger partial charge in [0.25, 0.3) is 11.9 Å². The van der Waals surface area contributed by atoms with Gasteiger partial charge in [0.05, 0.1) is 26.0 Å². The largest absolute Gasteiger partial charge is 0.497 e. The van der Waals surface area contributed by atoms with E-state index in [1.54, 1.807) is 55.6 Å². The molecule has 0 spiro atoms. The van der Waals surface area contributed by atoms with Gasteiger partial charge in [-0.05, 0) is 59.7 Å². The summed E-state index contributed by atoms with van der Waals surface area (Å²) in [6, 6.07) is 22.1. The van der Waals surface area contributed by atoms with Gasteiger partial charge in [-0.3, -0.25) is 19.4 Å². The summed E-state index contributed by atoms with van der Waals surface area (Å²) in [7, 11) is 1.59. The number of aromatic nitrogens is 2. The van der Waals surface area contributed by atoms with Crippen LogP contribution in [0.1, 0.15) is 33.9 Å². The average molecular weight is 566 g/mol. The molecule has 0 saturated heterocycles. The Morgan fingerprint density at radius 2 is 1.74 bits per heavy atom.